The summed E-state index contributed by atoms with van der Waals surface area (Å²) in [6, 6.07) is 2.00. The molecule has 1 heterocycles. The summed E-state index contributed by atoms with van der Waals surface area (Å²) in [5, 5.41) is 4.03. The molecule has 15 heavy (non-hydrogen) atoms. The Hall–Kier alpha value is -0.830. The van der Waals surface area contributed by atoms with Gasteiger partial charge in [0.15, 0.2) is 5.76 Å². The van der Waals surface area contributed by atoms with Gasteiger partial charge in [0.2, 0.25) is 0 Å². The van der Waals surface area contributed by atoms with Gasteiger partial charge in [-0.25, -0.2) is 0 Å². The number of nitrogens with two attached hydrogens (primary N) is 1. The van der Waals surface area contributed by atoms with E-state index in [1.54, 1.807) is 0 Å². The molecule has 1 atom stereocenters. The van der Waals surface area contributed by atoms with Crippen LogP contribution in [0.25, 0.3) is 0 Å². The Bertz CT molecular complexity index is 270. The van der Waals surface area contributed by atoms with Crippen LogP contribution in [-0.2, 0) is 6.42 Å². The fraction of sp³-hybridized carbons (Fsp3) is 0.750. The molecule has 1 aromatic heterocycles. The Morgan fingerprint density at radius 2 is 2.13 bits per heavy atom. The highest BCUT2D eigenvalue weighted by atomic mass is 16.5. The summed E-state index contributed by atoms with van der Waals surface area (Å²) in [6.45, 7) is 4.27. The monoisotopic (exact) mass is 210 g/mol. The maximum atomic E-state index is 5.85. The van der Waals surface area contributed by atoms with Crippen molar-refractivity contribution >= 4 is 0 Å². The van der Waals surface area contributed by atoms with E-state index in [9.17, 15) is 0 Å². The van der Waals surface area contributed by atoms with Gasteiger partial charge in [-0.2, -0.15) is 0 Å². The molecule has 0 fully saturated rings. The molecular weight excluding hydrogens is 188 g/mol. The van der Waals surface area contributed by atoms with Crippen LogP contribution in [0.5, 0.6) is 0 Å². The third-order valence-corrected chi connectivity index (χ3v) is 2.67. The zero-order valence-electron chi connectivity index (χ0n) is 9.83. The zero-order chi connectivity index (χ0) is 11.1. The molecule has 1 rings (SSSR count). The van der Waals surface area contributed by atoms with Gasteiger partial charge in [-0.3, -0.25) is 0 Å². The van der Waals surface area contributed by atoms with Crippen molar-refractivity contribution in [2.45, 2.75) is 58.4 Å². The number of aryl methyl sites for hydroxylation is 1. The lowest BCUT2D eigenvalue weighted by atomic mass is 10.1. The molecule has 1 aromatic rings. The number of nitrogens with zero attached hydrogens (tertiary/aromatic N) is 1. The van der Waals surface area contributed by atoms with Crippen molar-refractivity contribution in [2.24, 2.45) is 5.73 Å². The summed E-state index contributed by atoms with van der Waals surface area (Å²) in [4.78, 5) is 0. The van der Waals surface area contributed by atoms with Crippen molar-refractivity contribution in [3.63, 3.8) is 0 Å². The Kier molecular flexibility index (Phi) is 5.40. The first kappa shape index (κ1) is 12.2. The maximum absolute atomic E-state index is 5.85. The van der Waals surface area contributed by atoms with Crippen molar-refractivity contribution < 1.29 is 4.52 Å². The molecule has 1 unspecified atom stereocenters. The quantitative estimate of drug-likeness (QED) is 0.703. The predicted octanol–water partition coefficient (Wildman–Crippen LogP) is 3.21. The number of rotatable bonds is 7. The van der Waals surface area contributed by atoms with Gasteiger partial charge < -0.3 is 10.3 Å². The Labute approximate surface area is 92.0 Å². The first-order valence-electron chi connectivity index (χ1n) is 5.99. The first-order valence-corrected chi connectivity index (χ1v) is 5.99. The molecule has 2 N–H and O–H groups in total. The third-order valence-electron chi connectivity index (χ3n) is 2.67. The molecule has 0 saturated heterocycles. The van der Waals surface area contributed by atoms with Crippen molar-refractivity contribution in [1.29, 1.82) is 0 Å². The average Bonchev–Trinajstić information content (AvgIpc) is 2.72. The molecule has 0 saturated carbocycles. The van der Waals surface area contributed by atoms with Gasteiger partial charge in [0.25, 0.3) is 0 Å². The van der Waals surface area contributed by atoms with Crippen LogP contribution in [0.3, 0.4) is 0 Å². The molecule has 0 bridgehead atoms. The fourth-order valence-electron chi connectivity index (χ4n) is 1.55. The van der Waals surface area contributed by atoms with Crippen molar-refractivity contribution in [3.8, 4) is 0 Å². The number of unbranched alkanes of at least 4 members (excludes halogenated alkanes) is 3. The van der Waals surface area contributed by atoms with Gasteiger partial charge >= 0.3 is 0 Å². The molecule has 86 valence electrons. The molecule has 0 spiro atoms. The van der Waals surface area contributed by atoms with Gasteiger partial charge in [0.1, 0.15) is 0 Å². The molecule has 0 aromatic carbocycles. The molecule has 3 heteroatoms. The van der Waals surface area contributed by atoms with Gasteiger partial charge in [-0.1, -0.05) is 38.3 Å². The van der Waals surface area contributed by atoms with E-state index in [1.165, 1.54) is 25.7 Å². The zero-order valence-corrected chi connectivity index (χ0v) is 9.83. The largest absolute Gasteiger partial charge is 0.359 e. The van der Waals surface area contributed by atoms with E-state index in [0.29, 0.717) is 0 Å². The smallest absolute Gasteiger partial charge is 0.153 e. The van der Waals surface area contributed by atoms with E-state index in [0.717, 1.165) is 24.3 Å². The lowest BCUT2D eigenvalue weighted by Crippen LogP contribution is -2.06. The SMILES string of the molecule is CCCCCCc1cc(C(N)CC)on1. The summed E-state index contributed by atoms with van der Waals surface area (Å²) >= 11 is 0. The summed E-state index contributed by atoms with van der Waals surface area (Å²) in [5.41, 5.74) is 6.90. The minimum atomic E-state index is 0.00175. The number of aromatic nitrogens is 1. The number of hydrogen-bond acceptors (Lipinski definition) is 3. The molecule has 0 amide bonds. The van der Waals surface area contributed by atoms with Gasteiger partial charge in [0, 0.05) is 6.07 Å². The summed E-state index contributed by atoms with van der Waals surface area (Å²) < 4.78 is 5.20. The first-order chi connectivity index (χ1) is 7.27. The van der Waals surface area contributed by atoms with Gasteiger partial charge in [0.05, 0.1) is 11.7 Å². The van der Waals surface area contributed by atoms with Crippen molar-refractivity contribution in [1.82, 2.24) is 5.16 Å². The average molecular weight is 210 g/mol. The van der Waals surface area contributed by atoms with Crippen LogP contribution in [0, 0.1) is 0 Å². The summed E-state index contributed by atoms with van der Waals surface area (Å²) in [7, 11) is 0. The second-order valence-corrected chi connectivity index (χ2v) is 4.05. The third kappa shape index (κ3) is 4.04. The molecular formula is C12H22N2O. The lowest BCUT2D eigenvalue weighted by Gasteiger charge is -2.00. The van der Waals surface area contributed by atoms with E-state index in [4.69, 9.17) is 10.3 Å². The highest BCUT2D eigenvalue weighted by Gasteiger charge is 2.10. The Balaban J connectivity index is 2.33. The fourth-order valence-corrected chi connectivity index (χ4v) is 1.55. The van der Waals surface area contributed by atoms with Crippen molar-refractivity contribution in [2.75, 3.05) is 0 Å². The molecule has 3 nitrogen and oxygen atoms in total. The topological polar surface area (TPSA) is 52.0 Å². The highest BCUT2D eigenvalue weighted by molar-refractivity contribution is 5.08. The van der Waals surface area contributed by atoms with Crippen molar-refractivity contribution in [3.05, 3.63) is 17.5 Å². The van der Waals surface area contributed by atoms with E-state index < -0.39 is 0 Å². The van der Waals surface area contributed by atoms with Crippen LogP contribution in [-0.4, -0.2) is 5.16 Å². The van der Waals surface area contributed by atoms with Crippen LogP contribution >= 0.6 is 0 Å². The molecule has 0 aliphatic carbocycles. The van der Waals surface area contributed by atoms with Crippen LogP contribution in [0.1, 0.15) is 63.4 Å². The maximum Gasteiger partial charge on any atom is 0.153 e. The normalized spacial score (nSPS) is 13.0. The summed E-state index contributed by atoms with van der Waals surface area (Å²) in [6.07, 6.45) is 6.95. The Morgan fingerprint density at radius 3 is 2.80 bits per heavy atom. The van der Waals surface area contributed by atoms with Crippen LogP contribution in [0.15, 0.2) is 10.6 Å². The Morgan fingerprint density at radius 1 is 1.33 bits per heavy atom. The van der Waals surface area contributed by atoms with Crippen LogP contribution < -0.4 is 5.73 Å². The second-order valence-electron chi connectivity index (χ2n) is 4.05. The van der Waals surface area contributed by atoms with E-state index >= 15 is 0 Å². The van der Waals surface area contributed by atoms with E-state index in [2.05, 4.69) is 12.1 Å². The minimum absolute atomic E-state index is 0.00175. The molecule has 0 aliphatic rings. The molecule has 0 radical (unpaired) electrons. The second kappa shape index (κ2) is 6.62. The van der Waals surface area contributed by atoms with Crippen LogP contribution in [0.4, 0.5) is 0 Å². The van der Waals surface area contributed by atoms with Crippen LogP contribution in [0.2, 0.25) is 0 Å². The standard InChI is InChI=1S/C12H22N2O/c1-3-5-6-7-8-10-9-12(15-14-10)11(13)4-2/h9,11H,3-8,13H2,1-2H3. The molecule has 0 aliphatic heterocycles. The van der Waals surface area contributed by atoms with Gasteiger partial charge in [-0.05, 0) is 19.3 Å². The van der Waals surface area contributed by atoms with E-state index in [1.807, 2.05) is 13.0 Å². The summed E-state index contributed by atoms with van der Waals surface area (Å²) in [5.74, 6) is 0.822. The van der Waals surface area contributed by atoms with Gasteiger partial charge in [-0.15, -0.1) is 0 Å². The lowest BCUT2D eigenvalue weighted by molar-refractivity contribution is 0.353. The predicted molar refractivity (Wildman–Crippen MR) is 61.6 cm³/mol. The van der Waals surface area contributed by atoms with E-state index in [-0.39, 0.29) is 6.04 Å². The number of hydrogen-bond donors (Lipinski definition) is 1. The highest BCUT2D eigenvalue weighted by Crippen LogP contribution is 2.16. The minimum Gasteiger partial charge on any atom is -0.359 e.